The van der Waals surface area contributed by atoms with E-state index >= 15 is 0 Å². The number of nitrogens with one attached hydrogen (secondary N) is 5. The van der Waals surface area contributed by atoms with Crippen LogP contribution in [0.5, 0.6) is 5.75 Å². The minimum Gasteiger partial charge on any atom is -0.460 e. The van der Waals surface area contributed by atoms with Crippen LogP contribution in [0.3, 0.4) is 0 Å². The van der Waals surface area contributed by atoms with E-state index in [0.717, 1.165) is 21.4 Å². The number of cyclic esters (lactones) is 1. The number of fused-ring (bicyclic) bond motifs is 5. The summed E-state index contributed by atoms with van der Waals surface area (Å²) in [5, 5.41) is 57.9. The number of benzene rings is 2. The molecular weight excluding hydrogens is 1500 g/mol. The predicted molar refractivity (Wildman–Crippen MR) is 413 cm³/mol. The molecule has 0 saturated carbocycles. The van der Waals surface area contributed by atoms with E-state index in [0.29, 0.717) is 134 Å². The number of pyridine rings is 2. The fraction of sp³-hybridized carbons (Fsp3) is 0.613. The van der Waals surface area contributed by atoms with Gasteiger partial charge in [0.15, 0.2) is 5.60 Å². The smallest absolute Gasteiger partial charge is 0.410 e. The lowest BCUT2D eigenvalue weighted by atomic mass is 9.86. The van der Waals surface area contributed by atoms with Crippen LogP contribution in [-0.4, -0.2) is 274 Å². The summed E-state index contributed by atoms with van der Waals surface area (Å²) in [6, 6.07) is 9.33. The summed E-state index contributed by atoms with van der Waals surface area (Å²) in [6.07, 6.45) is -1.88. The van der Waals surface area contributed by atoms with Crippen molar-refractivity contribution >= 4 is 70.0 Å². The lowest BCUT2D eigenvalue weighted by molar-refractivity contribution is -0.241. The summed E-state index contributed by atoms with van der Waals surface area (Å²) < 4.78 is 67.9. The molecule has 634 valence electrons. The second-order valence-electron chi connectivity index (χ2n) is 28.7. The van der Waals surface area contributed by atoms with Crippen molar-refractivity contribution in [1.82, 2.24) is 40.6 Å². The Kier molecular flexibility index (Phi) is 37.2. The van der Waals surface area contributed by atoms with Gasteiger partial charge in [0.2, 0.25) is 35.8 Å². The molecule has 8 atom stereocenters. The van der Waals surface area contributed by atoms with Gasteiger partial charge in [0.1, 0.15) is 55.4 Å². The average Bonchev–Trinajstić information content (AvgIpc) is 1.70. The Morgan fingerprint density at radius 3 is 1.95 bits per heavy atom. The molecule has 0 radical (unpaired) electrons. The van der Waals surface area contributed by atoms with Crippen molar-refractivity contribution in [2.75, 3.05) is 138 Å². The van der Waals surface area contributed by atoms with E-state index in [2.05, 4.69) is 26.6 Å². The minimum absolute atomic E-state index is 0.0123. The van der Waals surface area contributed by atoms with Crippen molar-refractivity contribution in [2.24, 2.45) is 5.92 Å². The van der Waals surface area contributed by atoms with Crippen LogP contribution < -0.4 is 36.9 Å². The number of anilines is 1. The van der Waals surface area contributed by atoms with E-state index in [-0.39, 0.29) is 132 Å². The van der Waals surface area contributed by atoms with Crippen LogP contribution in [0.1, 0.15) is 127 Å². The molecule has 1 fully saturated rings. The summed E-state index contributed by atoms with van der Waals surface area (Å²) in [5.41, 5.74) is 1.32. The zero-order valence-electron chi connectivity index (χ0n) is 66.7. The molecule has 8 rings (SSSR count). The first-order chi connectivity index (χ1) is 55.3. The topological polar surface area (TPSA) is 447 Å². The van der Waals surface area contributed by atoms with Gasteiger partial charge in [-0.15, -0.1) is 0 Å². The van der Waals surface area contributed by atoms with Crippen molar-refractivity contribution < 1.29 is 120 Å². The monoisotopic (exact) mass is 1620 g/mol. The van der Waals surface area contributed by atoms with E-state index < -0.39 is 108 Å². The molecule has 4 aliphatic rings. The summed E-state index contributed by atoms with van der Waals surface area (Å²) in [5.74, 6) is -5.24. The number of aliphatic hydroxyl groups excluding tert-OH is 3. The number of unbranched alkanes of at least 4 members (excludes halogenated alkanes) is 3. The second-order valence-corrected chi connectivity index (χ2v) is 28.7. The molecule has 1 saturated heterocycles. The van der Waals surface area contributed by atoms with Crippen molar-refractivity contribution in [3.05, 3.63) is 98.9 Å². The molecule has 6 heterocycles. The first-order valence-electron chi connectivity index (χ1n) is 39.4. The minimum atomic E-state index is -2.02. The zero-order valence-corrected chi connectivity index (χ0v) is 66.7. The van der Waals surface area contributed by atoms with E-state index in [9.17, 15) is 68.4 Å². The summed E-state index contributed by atoms with van der Waals surface area (Å²) in [6.45, 7) is 15.1. The van der Waals surface area contributed by atoms with Gasteiger partial charge >= 0.3 is 12.1 Å². The molecule has 35 heteroatoms. The quantitative estimate of drug-likeness (QED) is 0.0153. The standard InChI is InChI=1S/C80H113N9O26/c1-8-80(103)58-45-62-70-56(46-89(62)76(100)57(58)48-113-78(80)101)54(55-16-11-12-17-59(55)84-70)24-28-87(51(4)5)79(102)114-47-53-20-21-60(64(44-53)115-77-72(96)71(95)63(90)49-112-77)85-73(97)52(6)82-75(99)69(50(2)3)86-74(98)61(18-13-14-26-81-65(91)19-10-9-15-27-88-67(93)22-23-68(88)94)83-66(92)25-29-105-32-33-107-36-37-109-40-41-111-43-42-110-39-38-108-35-34-106-31-30-104-7/h11-12,16-17,20-23,44-45,50-52,61,63,69,71-72,77,90,95-96,103H,8-10,13-15,18-19,24-43,46-49H2,1-7H3,(H,81,91)(H,82,99)(H,83,92)(H,85,97)(H,86,98)/t52-,61-,63-,69-,71-,72+,77-,80-/m0/s1. The number of hydrogen-bond donors (Lipinski definition) is 9. The second kappa shape index (κ2) is 46.7. The first-order valence-corrected chi connectivity index (χ1v) is 39.4. The maximum absolute atomic E-state index is 14.3. The Morgan fingerprint density at radius 1 is 0.687 bits per heavy atom. The molecule has 0 unspecified atom stereocenters. The summed E-state index contributed by atoms with van der Waals surface area (Å²) in [7, 11) is 1.61. The van der Waals surface area contributed by atoms with E-state index in [1.54, 1.807) is 38.5 Å². The third-order valence-corrected chi connectivity index (χ3v) is 19.8. The number of nitrogens with zero attached hydrogens (tertiary/aromatic N) is 4. The van der Waals surface area contributed by atoms with Crippen molar-refractivity contribution in [3.8, 4) is 17.1 Å². The van der Waals surface area contributed by atoms with Crippen LogP contribution >= 0.6 is 0 Å². The normalized spacial score (nSPS) is 18.4. The van der Waals surface area contributed by atoms with Crippen LogP contribution in [0.25, 0.3) is 22.3 Å². The Bertz CT molecular complexity index is 3990. The van der Waals surface area contributed by atoms with Crippen LogP contribution in [-0.2, 0) is 122 Å². The molecule has 9 N–H and O–H groups in total. The fourth-order valence-corrected chi connectivity index (χ4v) is 13.1. The van der Waals surface area contributed by atoms with Gasteiger partial charge in [0.05, 0.1) is 140 Å². The number of methoxy groups -OCH3 is 1. The molecule has 4 aromatic rings. The number of ether oxygens (including phenoxy) is 12. The van der Waals surface area contributed by atoms with Gasteiger partial charge in [-0.2, -0.15) is 0 Å². The SMILES string of the molecule is CC[C@@]1(O)C(=O)OCc2c1cc1n(c2=O)Cc2c-1nc1ccccc1c2CCN(C(=O)OCc1ccc(NC(=O)[C@H](C)NC(=O)[C@@H](NC(=O)[C@H](CCCCNC(=O)CCCCCN2C(=O)C=CC2=O)NC(=O)CCOCCOCCOCCOCCOCCOCCOCCOC)C(C)C)c(O[C@@H]2OC[C@H](O)[C@H](O)[C@H]2O)c1)C(C)C. The number of aliphatic hydroxyl groups is 4. The number of carbonyl (C=O) groups is 9. The largest absolute Gasteiger partial charge is 0.460 e. The number of hydrogen-bond acceptors (Lipinski definition) is 27. The molecular formula is C80H113N9O26. The number of esters is 1. The average molecular weight is 1620 g/mol. The van der Waals surface area contributed by atoms with E-state index in [4.69, 9.17) is 61.8 Å². The van der Waals surface area contributed by atoms with Gasteiger partial charge < -0.3 is 113 Å². The number of rotatable bonds is 52. The molecule has 0 aliphatic carbocycles. The maximum Gasteiger partial charge on any atom is 0.410 e. The molecule has 115 heavy (non-hydrogen) atoms. The van der Waals surface area contributed by atoms with Gasteiger partial charge in [0.25, 0.3) is 17.4 Å². The third-order valence-electron chi connectivity index (χ3n) is 19.8. The van der Waals surface area contributed by atoms with E-state index in [1.165, 1.54) is 42.2 Å². The molecule has 2 aromatic heterocycles. The highest BCUT2D eigenvalue weighted by molar-refractivity contribution is 6.12. The first kappa shape index (κ1) is 91.6. The molecule has 4 aliphatic heterocycles. The van der Waals surface area contributed by atoms with E-state index in [1.807, 2.05) is 38.1 Å². The predicted octanol–water partition coefficient (Wildman–Crippen LogP) is 2.48. The summed E-state index contributed by atoms with van der Waals surface area (Å²) >= 11 is 0. The molecule has 8 amide bonds. The third kappa shape index (κ3) is 26.8. The molecule has 0 bridgehead atoms. The van der Waals surface area contributed by atoms with Crippen molar-refractivity contribution in [1.29, 1.82) is 0 Å². The van der Waals surface area contributed by atoms with Gasteiger partial charge in [0, 0.05) is 74.3 Å². The fourth-order valence-electron chi connectivity index (χ4n) is 13.1. The maximum atomic E-state index is 14.3. The lowest BCUT2D eigenvalue weighted by Gasteiger charge is -2.35. The Morgan fingerprint density at radius 2 is 1.32 bits per heavy atom. The van der Waals surface area contributed by atoms with Crippen molar-refractivity contribution in [2.45, 2.75) is 180 Å². The van der Waals surface area contributed by atoms with Crippen LogP contribution in [0.2, 0.25) is 0 Å². The number of aromatic nitrogens is 2. The van der Waals surface area contributed by atoms with Crippen LogP contribution in [0, 0.1) is 5.92 Å². The van der Waals surface area contributed by atoms with Gasteiger partial charge in [-0.05, 0) is 107 Å². The lowest BCUT2D eigenvalue weighted by Crippen LogP contribution is -2.57. The summed E-state index contributed by atoms with van der Waals surface area (Å²) in [4.78, 5) is 142. The Hall–Kier alpha value is -8.95. The molecule has 2 aromatic carbocycles. The van der Waals surface area contributed by atoms with Gasteiger partial charge in [-0.25, -0.2) is 14.6 Å². The van der Waals surface area contributed by atoms with Crippen LogP contribution in [0.4, 0.5) is 10.5 Å². The van der Waals surface area contributed by atoms with Crippen molar-refractivity contribution in [3.63, 3.8) is 0 Å². The number of para-hydroxylation sites is 1. The van der Waals surface area contributed by atoms with Gasteiger partial charge in [-0.3, -0.25) is 43.3 Å². The number of imide groups is 1. The number of carbonyl (C=O) groups excluding carboxylic acids is 9. The van der Waals surface area contributed by atoms with Gasteiger partial charge in [-0.1, -0.05) is 51.5 Å². The Balaban J connectivity index is 0.838. The molecule has 35 nitrogen and oxygen atoms in total. The Labute approximate surface area is 667 Å². The highest BCUT2D eigenvalue weighted by Gasteiger charge is 2.46. The number of amides is 8. The van der Waals surface area contributed by atoms with Crippen LogP contribution in [0.15, 0.2) is 65.5 Å². The molecule has 0 spiro atoms. The zero-order chi connectivity index (χ0) is 83.0. The highest BCUT2D eigenvalue weighted by atomic mass is 16.7. The highest BCUT2D eigenvalue weighted by Crippen LogP contribution is 2.41.